The predicted octanol–water partition coefficient (Wildman–Crippen LogP) is 4.13. The molecule has 0 spiro atoms. The lowest BCUT2D eigenvalue weighted by atomic mass is 10.1. The molecule has 0 radical (unpaired) electrons. The van der Waals surface area contributed by atoms with E-state index >= 15 is 0 Å². The van der Waals surface area contributed by atoms with Crippen molar-refractivity contribution in [2.45, 2.75) is 20.8 Å². The average Bonchev–Trinajstić information content (AvgIpc) is 2.59. The zero-order chi connectivity index (χ0) is 19.1. The number of carbonyl (C=O) groups excluding carboxylic acids is 1. The fourth-order valence-corrected chi connectivity index (χ4v) is 3.12. The number of anilines is 1. The third-order valence-electron chi connectivity index (χ3n) is 3.76. The van der Waals surface area contributed by atoms with Crippen molar-refractivity contribution >= 4 is 40.4 Å². The SMILES string of the molecule is CCOc1cc(/C=N/O)cc(I)c1OCC(=O)Nc1cccc(C)c1C. The Morgan fingerprint density at radius 2 is 2.08 bits per heavy atom. The standard InChI is InChI=1S/C19H21IN2O4/c1-4-25-17-9-14(10-21-24)8-15(20)19(17)26-11-18(23)22-16-7-5-6-12(2)13(16)3/h5-10,24H,4,11H2,1-3H3,(H,22,23)/b21-10+. The molecule has 2 N–H and O–H groups in total. The van der Waals surface area contributed by atoms with E-state index in [1.807, 2.05) is 39.0 Å². The molecule has 0 aliphatic carbocycles. The minimum absolute atomic E-state index is 0.142. The topological polar surface area (TPSA) is 80.2 Å². The Morgan fingerprint density at radius 1 is 1.31 bits per heavy atom. The Bertz CT molecular complexity index is 821. The van der Waals surface area contributed by atoms with Crippen LogP contribution in [0.5, 0.6) is 11.5 Å². The number of benzene rings is 2. The highest BCUT2D eigenvalue weighted by Gasteiger charge is 2.14. The lowest BCUT2D eigenvalue weighted by molar-refractivity contribution is -0.118. The van der Waals surface area contributed by atoms with Gasteiger partial charge in [-0.2, -0.15) is 0 Å². The lowest BCUT2D eigenvalue weighted by Crippen LogP contribution is -2.21. The molecule has 6 nitrogen and oxygen atoms in total. The molecule has 26 heavy (non-hydrogen) atoms. The number of amides is 1. The molecule has 0 heterocycles. The molecule has 0 saturated carbocycles. The quantitative estimate of drug-likeness (QED) is 0.277. The van der Waals surface area contributed by atoms with Gasteiger partial charge in [-0.05, 0) is 72.7 Å². The van der Waals surface area contributed by atoms with Gasteiger partial charge in [0.15, 0.2) is 18.1 Å². The summed E-state index contributed by atoms with van der Waals surface area (Å²) in [5.74, 6) is 0.727. The van der Waals surface area contributed by atoms with Crippen molar-refractivity contribution in [1.82, 2.24) is 0 Å². The Balaban J connectivity index is 2.12. The number of carbonyl (C=O) groups is 1. The van der Waals surface area contributed by atoms with Gasteiger partial charge in [-0.15, -0.1) is 0 Å². The van der Waals surface area contributed by atoms with Crippen LogP contribution < -0.4 is 14.8 Å². The summed E-state index contributed by atoms with van der Waals surface area (Å²) >= 11 is 2.09. The van der Waals surface area contributed by atoms with Crippen LogP contribution in [0.25, 0.3) is 0 Å². The molecule has 0 aliphatic heterocycles. The fraction of sp³-hybridized carbons (Fsp3) is 0.263. The van der Waals surface area contributed by atoms with Gasteiger partial charge in [-0.1, -0.05) is 17.3 Å². The van der Waals surface area contributed by atoms with E-state index < -0.39 is 0 Å². The summed E-state index contributed by atoms with van der Waals surface area (Å²) in [5, 5.41) is 14.6. The third kappa shape index (κ3) is 5.10. The molecule has 2 aromatic carbocycles. The minimum atomic E-state index is -0.252. The Labute approximate surface area is 166 Å². The van der Waals surface area contributed by atoms with Crippen LogP contribution in [0, 0.1) is 17.4 Å². The molecule has 7 heteroatoms. The van der Waals surface area contributed by atoms with Gasteiger partial charge in [0.2, 0.25) is 0 Å². The normalized spacial score (nSPS) is 10.8. The summed E-state index contributed by atoms with van der Waals surface area (Å²) in [6.45, 7) is 6.12. The van der Waals surface area contributed by atoms with Crippen LogP contribution in [0.2, 0.25) is 0 Å². The number of halogens is 1. The maximum atomic E-state index is 12.3. The number of hydrogen-bond donors (Lipinski definition) is 2. The van der Waals surface area contributed by atoms with Gasteiger partial charge in [0.05, 0.1) is 16.4 Å². The molecule has 0 aliphatic rings. The van der Waals surface area contributed by atoms with Crippen LogP contribution >= 0.6 is 22.6 Å². The highest BCUT2D eigenvalue weighted by molar-refractivity contribution is 14.1. The van der Waals surface area contributed by atoms with Crippen LogP contribution in [-0.4, -0.2) is 30.5 Å². The van der Waals surface area contributed by atoms with E-state index in [1.165, 1.54) is 6.21 Å². The van der Waals surface area contributed by atoms with Crippen molar-refractivity contribution < 1.29 is 19.5 Å². The average molecular weight is 468 g/mol. The maximum Gasteiger partial charge on any atom is 0.262 e. The summed E-state index contributed by atoms with van der Waals surface area (Å²) in [5.41, 5.74) is 3.58. The summed E-state index contributed by atoms with van der Waals surface area (Å²) in [6.07, 6.45) is 1.31. The zero-order valence-electron chi connectivity index (χ0n) is 14.9. The lowest BCUT2D eigenvalue weighted by Gasteiger charge is -2.15. The zero-order valence-corrected chi connectivity index (χ0v) is 17.0. The molecule has 1 amide bonds. The Morgan fingerprint density at radius 3 is 2.77 bits per heavy atom. The van der Waals surface area contributed by atoms with E-state index in [-0.39, 0.29) is 12.5 Å². The van der Waals surface area contributed by atoms with E-state index in [9.17, 15) is 4.79 Å². The van der Waals surface area contributed by atoms with Crippen molar-refractivity contribution in [3.05, 3.63) is 50.6 Å². The number of ether oxygens (including phenoxy) is 2. The summed E-state index contributed by atoms with van der Waals surface area (Å²) < 4.78 is 12.0. The molecule has 0 atom stereocenters. The van der Waals surface area contributed by atoms with Gasteiger partial charge in [0, 0.05) is 11.3 Å². The van der Waals surface area contributed by atoms with Crippen LogP contribution in [0.15, 0.2) is 35.5 Å². The first-order chi connectivity index (χ1) is 12.5. The summed E-state index contributed by atoms with van der Waals surface area (Å²) in [6, 6.07) is 9.23. The highest BCUT2D eigenvalue weighted by Crippen LogP contribution is 2.34. The second-order valence-corrected chi connectivity index (χ2v) is 6.75. The third-order valence-corrected chi connectivity index (χ3v) is 4.57. The van der Waals surface area contributed by atoms with Crippen molar-refractivity contribution in [3.63, 3.8) is 0 Å². The first-order valence-corrected chi connectivity index (χ1v) is 9.16. The summed E-state index contributed by atoms with van der Waals surface area (Å²) in [4.78, 5) is 12.3. The second-order valence-electron chi connectivity index (χ2n) is 5.59. The van der Waals surface area contributed by atoms with Crippen LogP contribution in [-0.2, 0) is 4.79 Å². The minimum Gasteiger partial charge on any atom is -0.490 e. The van der Waals surface area contributed by atoms with Gasteiger partial charge < -0.3 is 20.0 Å². The van der Waals surface area contributed by atoms with Crippen LogP contribution in [0.4, 0.5) is 5.69 Å². The van der Waals surface area contributed by atoms with Crippen molar-refractivity contribution in [2.75, 3.05) is 18.5 Å². The van der Waals surface area contributed by atoms with Gasteiger partial charge in [0.25, 0.3) is 5.91 Å². The van der Waals surface area contributed by atoms with Crippen molar-refractivity contribution in [1.29, 1.82) is 0 Å². The molecule has 0 fully saturated rings. The first kappa shape index (κ1) is 20.0. The van der Waals surface area contributed by atoms with Gasteiger partial charge in [-0.3, -0.25) is 4.79 Å². The fourth-order valence-electron chi connectivity index (χ4n) is 2.34. The number of nitrogens with zero attached hydrogens (tertiary/aromatic N) is 1. The number of hydrogen-bond acceptors (Lipinski definition) is 5. The Kier molecular flexibility index (Phi) is 7.26. The number of aryl methyl sites for hydroxylation is 1. The number of nitrogens with one attached hydrogen (secondary N) is 1. The molecular formula is C19H21IN2O4. The van der Waals surface area contributed by atoms with Crippen molar-refractivity contribution in [2.24, 2.45) is 5.16 Å². The van der Waals surface area contributed by atoms with E-state index in [4.69, 9.17) is 14.7 Å². The van der Waals surface area contributed by atoms with E-state index in [0.29, 0.717) is 23.7 Å². The molecule has 0 unspecified atom stereocenters. The predicted molar refractivity (Wildman–Crippen MR) is 110 cm³/mol. The molecule has 0 aromatic heterocycles. The van der Waals surface area contributed by atoms with E-state index in [0.717, 1.165) is 20.4 Å². The maximum absolute atomic E-state index is 12.3. The Hall–Kier alpha value is -2.29. The molecule has 2 aromatic rings. The number of oxime groups is 1. The number of rotatable bonds is 7. The van der Waals surface area contributed by atoms with Gasteiger partial charge in [-0.25, -0.2) is 0 Å². The summed E-state index contributed by atoms with van der Waals surface area (Å²) in [7, 11) is 0. The molecular weight excluding hydrogens is 447 g/mol. The smallest absolute Gasteiger partial charge is 0.262 e. The monoisotopic (exact) mass is 468 g/mol. The molecule has 2 rings (SSSR count). The van der Waals surface area contributed by atoms with Crippen LogP contribution in [0.3, 0.4) is 0 Å². The van der Waals surface area contributed by atoms with Crippen molar-refractivity contribution in [3.8, 4) is 11.5 Å². The van der Waals surface area contributed by atoms with Crippen LogP contribution in [0.1, 0.15) is 23.6 Å². The van der Waals surface area contributed by atoms with E-state index in [1.54, 1.807) is 12.1 Å². The molecule has 0 bridgehead atoms. The van der Waals surface area contributed by atoms with Gasteiger partial charge in [0.1, 0.15) is 0 Å². The largest absolute Gasteiger partial charge is 0.490 e. The van der Waals surface area contributed by atoms with E-state index in [2.05, 4.69) is 33.1 Å². The van der Waals surface area contributed by atoms with Gasteiger partial charge >= 0.3 is 0 Å². The molecule has 0 saturated heterocycles. The highest BCUT2D eigenvalue weighted by atomic mass is 127. The second kappa shape index (κ2) is 9.42. The first-order valence-electron chi connectivity index (χ1n) is 8.08. The molecule has 138 valence electrons.